The predicted molar refractivity (Wildman–Crippen MR) is 329 cm³/mol. The van der Waals surface area contributed by atoms with Gasteiger partial charge in [-0.25, -0.2) is 0 Å². The van der Waals surface area contributed by atoms with Gasteiger partial charge >= 0.3 is 5.97 Å². The minimum Gasteiger partial charge on any atom is -0.466 e. The zero-order valence-corrected chi connectivity index (χ0v) is 50.8. The number of nitrogens with one attached hydrogen (secondary N) is 1. The van der Waals surface area contributed by atoms with Crippen molar-refractivity contribution in [2.45, 2.75) is 392 Å². The van der Waals surface area contributed by atoms with E-state index in [1.165, 1.54) is 302 Å². The summed E-state index contributed by atoms with van der Waals surface area (Å²) >= 11 is 0. The zero-order valence-electron chi connectivity index (χ0n) is 50.8. The summed E-state index contributed by atoms with van der Waals surface area (Å²) in [5, 5.41) is 23.3. The first-order valence-corrected chi connectivity index (χ1v) is 34.1. The van der Waals surface area contributed by atoms with Gasteiger partial charge in [0.05, 0.1) is 25.4 Å². The first-order valence-electron chi connectivity index (χ1n) is 34.1. The molecule has 6 nitrogen and oxygen atoms in total. The Morgan fingerprint density at radius 1 is 0.360 bits per heavy atom. The lowest BCUT2D eigenvalue weighted by Gasteiger charge is -2.22. The van der Waals surface area contributed by atoms with Crippen LogP contribution in [0.15, 0.2) is 24.3 Å². The molecule has 0 spiro atoms. The number of allylic oxidation sites excluding steroid dienone is 4. The normalized spacial score (nSPS) is 12.6. The second-order valence-electron chi connectivity index (χ2n) is 23.5. The Morgan fingerprint density at radius 2 is 0.627 bits per heavy atom. The van der Waals surface area contributed by atoms with Gasteiger partial charge in [-0.1, -0.05) is 314 Å². The highest BCUT2D eigenvalue weighted by Gasteiger charge is 2.20. The van der Waals surface area contributed by atoms with E-state index >= 15 is 0 Å². The van der Waals surface area contributed by atoms with Gasteiger partial charge in [0.2, 0.25) is 5.91 Å². The number of esters is 1. The molecule has 6 heteroatoms. The van der Waals surface area contributed by atoms with Gasteiger partial charge in [-0.15, -0.1) is 0 Å². The molecule has 0 aromatic carbocycles. The van der Waals surface area contributed by atoms with E-state index in [1.54, 1.807) is 0 Å². The number of aliphatic hydroxyl groups is 2. The van der Waals surface area contributed by atoms with Gasteiger partial charge < -0.3 is 20.3 Å². The average molecular weight is 1060 g/mol. The first kappa shape index (κ1) is 73.3. The number of ether oxygens (including phenoxy) is 1. The zero-order chi connectivity index (χ0) is 54.3. The van der Waals surface area contributed by atoms with Crippen molar-refractivity contribution < 1.29 is 24.5 Å². The maximum absolute atomic E-state index is 12.5. The van der Waals surface area contributed by atoms with Crippen LogP contribution in [0.4, 0.5) is 0 Å². The lowest BCUT2D eigenvalue weighted by atomic mass is 10.0. The van der Waals surface area contributed by atoms with Gasteiger partial charge in [0.1, 0.15) is 0 Å². The highest BCUT2D eigenvalue weighted by atomic mass is 16.5. The molecular formula is C69H133NO5. The molecule has 0 aromatic heterocycles. The summed E-state index contributed by atoms with van der Waals surface area (Å²) in [6, 6.07) is -0.542. The molecule has 2 atom stereocenters. The standard InChI is InChI=1S/C69H133NO5/c1-3-5-7-9-11-13-15-17-19-30-35-39-43-47-51-55-59-63-69(74)75-64-60-56-52-48-44-40-36-32-29-27-25-23-21-20-22-24-26-28-31-34-38-42-46-50-54-58-62-68(73)70-66(65-71)67(72)61-57-53-49-45-41-37-33-18-16-14-12-10-8-6-4-2/h17,19-20,22,66-67,71-72H,3-16,18,21,23-65H2,1-2H3,(H,70,73)/b19-17-,22-20-. The van der Waals surface area contributed by atoms with Crippen LogP contribution in [-0.4, -0.2) is 47.4 Å². The third-order valence-corrected chi connectivity index (χ3v) is 16.0. The van der Waals surface area contributed by atoms with Crippen LogP contribution < -0.4 is 5.32 Å². The molecule has 0 radical (unpaired) electrons. The van der Waals surface area contributed by atoms with Crippen molar-refractivity contribution in [2.24, 2.45) is 0 Å². The van der Waals surface area contributed by atoms with Gasteiger partial charge in [-0.3, -0.25) is 9.59 Å². The summed E-state index contributed by atoms with van der Waals surface area (Å²) in [5.74, 6) is -0.0227. The van der Waals surface area contributed by atoms with E-state index in [-0.39, 0.29) is 18.5 Å². The summed E-state index contributed by atoms with van der Waals surface area (Å²) in [7, 11) is 0. The smallest absolute Gasteiger partial charge is 0.305 e. The number of hydrogen-bond acceptors (Lipinski definition) is 5. The summed E-state index contributed by atoms with van der Waals surface area (Å²) < 4.78 is 5.50. The highest BCUT2D eigenvalue weighted by Crippen LogP contribution is 2.18. The van der Waals surface area contributed by atoms with E-state index in [0.29, 0.717) is 25.9 Å². The van der Waals surface area contributed by atoms with Gasteiger partial charge in [-0.2, -0.15) is 0 Å². The van der Waals surface area contributed by atoms with Crippen LogP contribution in [0.5, 0.6) is 0 Å². The van der Waals surface area contributed by atoms with Crippen molar-refractivity contribution in [2.75, 3.05) is 13.2 Å². The first-order chi connectivity index (χ1) is 37.0. The molecule has 0 saturated carbocycles. The molecule has 444 valence electrons. The van der Waals surface area contributed by atoms with Crippen molar-refractivity contribution in [3.05, 3.63) is 24.3 Å². The maximum Gasteiger partial charge on any atom is 0.305 e. The quantitative estimate of drug-likeness (QED) is 0.0320. The molecule has 0 aliphatic rings. The SMILES string of the molecule is CCCCCCCC/C=C\CCCCCCCCCC(=O)OCCCCCCCCCCCCCC/C=C\CCCCCCCCCCCCC(=O)NC(CO)C(O)CCCCCCCCCCCCCCCCC. The van der Waals surface area contributed by atoms with Crippen LogP contribution in [0.25, 0.3) is 0 Å². The molecule has 0 rings (SSSR count). The molecule has 3 N–H and O–H groups in total. The number of aliphatic hydroxyl groups excluding tert-OH is 2. The molecule has 0 aliphatic carbocycles. The summed E-state index contributed by atoms with van der Waals surface area (Å²) in [4.78, 5) is 24.6. The van der Waals surface area contributed by atoms with Crippen LogP contribution in [0, 0.1) is 0 Å². The molecule has 2 unspecified atom stereocenters. The third kappa shape index (κ3) is 61.4. The molecule has 0 bridgehead atoms. The Bertz CT molecular complexity index is 1170. The van der Waals surface area contributed by atoms with Crippen LogP contribution in [0.2, 0.25) is 0 Å². The molecule has 1 amide bonds. The van der Waals surface area contributed by atoms with Crippen LogP contribution in [0.1, 0.15) is 380 Å². The lowest BCUT2D eigenvalue weighted by molar-refractivity contribution is -0.143. The third-order valence-electron chi connectivity index (χ3n) is 16.0. The van der Waals surface area contributed by atoms with Crippen molar-refractivity contribution in [1.29, 1.82) is 0 Å². The molecule has 0 aromatic rings. The number of carbonyl (C=O) groups is 2. The lowest BCUT2D eigenvalue weighted by Crippen LogP contribution is -2.45. The maximum atomic E-state index is 12.5. The summed E-state index contributed by atoms with van der Waals surface area (Å²) in [6.45, 7) is 4.97. The Morgan fingerprint density at radius 3 is 0.947 bits per heavy atom. The second kappa shape index (κ2) is 64.9. The molecule has 0 fully saturated rings. The van der Waals surface area contributed by atoms with Gasteiger partial charge in [0.15, 0.2) is 0 Å². The Labute approximate surface area is 469 Å². The Hall–Kier alpha value is -1.66. The van der Waals surface area contributed by atoms with Crippen molar-refractivity contribution in [3.63, 3.8) is 0 Å². The van der Waals surface area contributed by atoms with Crippen LogP contribution in [-0.2, 0) is 14.3 Å². The molecule has 0 heterocycles. The molecule has 0 aliphatic heterocycles. The molecule has 0 saturated heterocycles. The van der Waals surface area contributed by atoms with Crippen molar-refractivity contribution >= 4 is 11.9 Å². The average Bonchev–Trinajstić information content (AvgIpc) is 3.41. The van der Waals surface area contributed by atoms with E-state index in [2.05, 4.69) is 43.5 Å². The van der Waals surface area contributed by atoms with E-state index in [0.717, 1.165) is 44.9 Å². The Balaban J connectivity index is 3.37. The fourth-order valence-electron chi connectivity index (χ4n) is 10.7. The fraction of sp³-hybridized carbons (Fsp3) is 0.913. The molecule has 75 heavy (non-hydrogen) atoms. The minimum absolute atomic E-state index is 0.0116. The Kier molecular flexibility index (Phi) is 63.4. The topological polar surface area (TPSA) is 95.9 Å². The predicted octanol–water partition coefficient (Wildman–Crippen LogP) is 21.8. The summed E-state index contributed by atoms with van der Waals surface area (Å²) in [5.41, 5.74) is 0. The number of hydrogen-bond donors (Lipinski definition) is 3. The van der Waals surface area contributed by atoms with Crippen molar-refractivity contribution in [3.8, 4) is 0 Å². The number of carbonyl (C=O) groups excluding carboxylic acids is 2. The molecular weight excluding hydrogens is 923 g/mol. The fourth-order valence-corrected chi connectivity index (χ4v) is 10.7. The van der Waals surface area contributed by atoms with Crippen LogP contribution in [0.3, 0.4) is 0 Å². The highest BCUT2D eigenvalue weighted by molar-refractivity contribution is 5.76. The summed E-state index contributed by atoms with van der Waals surface area (Å²) in [6.07, 6.45) is 80.7. The minimum atomic E-state index is -0.665. The van der Waals surface area contributed by atoms with Gasteiger partial charge in [-0.05, 0) is 77.0 Å². The van der Waals surface area contributed by atoms with E-state index in [1.807, 2.05) is 0 Å². The van der Waals surface area contributed by atoms with Gasteiger partial charge in [0.25, 0.3) is 0 Å². The van der Waals surface area contributed by atoms with E-state index < -0.39 is 12.1 Å². The number of rotatable bonds is 64. The van der Waals surface area contributed by atoms with E-state index in [9.17, 15) is 19.8 Å². The number of unbranched alkanes of at least 4 members (excludes halogenated alkanes) is 49. The number of amides is 1. The van der Waals surface area contributed by atoms with Gasteiger partial charge in [0, 0.05) is 12.8 Å². The van der Waals surface area contributed by atoms with Crippen LogP contribution >= 0.6 is 0 Å². The van der Waals surface area contributed by atoms with E-state index in [4.69, 9.17) is 4.74 Å². The monoisotopic (exact) mass is 1060 g/mol. The second-order valence-corrected chi connectivity index (χ2v) is 23.5. The largest absolute Gasteiger partial charge is 0.466 e. The van der Waals surface area contributed by atoms with Crippen molar-refractivity contribution in [1.82, 2.24) is 5.32 Å².